The van der Waals surface area contributed by atoms with Crippen LogP contribution in [0, 0.1) is 0 Å². The molecule has 6 heteroatoms. The highest BCUT2D eigenvalue weighted by Gasteiger charge is 2.43. The van der Waals surface area contributed by atoms with Crippen LogP contribution in [0.2, 0.25) is 0 Å². The Morgan fingerprint density at radius 3 is 2.42 bits per heavy atom. The number of hydrogen-bond donors (Lipinski definition) is 0. The molecule has 0 bridgehead atoms. The molecule has 72 valence electrons. The second kappa shape index (κ2) is 4.65. The van der Waals surface area contributed by atoms with Gasteiger partial charge in [-0.1, -0.05) is 0 Å². The van der Waals surface area contributed by atoms with Crippen LogP contribution in [-0.4, -0.2) is 39.2 Å². The molecule has 1 aliphatic rings. The summed E-state index contributed by atoms with van der Waals surface area (Å²) in [6.07, 6.45) is 0. The monoisotopic (exact) mass is 403 g/mol. The summed E-state index contributed by atoms with van der Waals surface area (Å²) in [5.41, 5.74) is 0. The summed E-state index contributed by atoms with van der Waals surface area (Å²) in [6.45, 7) is 0.928. The Morgan fingerprint density at radius 1 is 1.42 bits per heavy atom. The van der Waals surface area contributed by atoms with Gasteiger partial charge in [-0.3, -0.25) is 4.90 Å². The van der Waals surface area contributed by atoms with Gasteiger partial charge in [-0.05, 0) is 45.2 Å². The Kier molecular flexibility index (Phi) is 4.38. The Morgan fingerprint density at radius 2 is 2.00 bits per heavy atom. The van der Waals surface area contributed by atoms with Crippen molar-refractivity contribution in [1.29, 1.82) is 0 Å². The average Bonchev–Trinajstić information content (AvgIpc) is 1.82. The molecule has 0 unspecified atom stereocenters. The number of nitrogens with zero attached hydrogens (tertiary/aromatic N) is 1. The molecule has 0 radical (unpaired) electrons. The minimum atomic E-state index is -2.45. The lowest BCUT2D eigenvalue weighted by Gasteiger charge is -2.38. The summed E-state index contributed by atoms with van der Waals surface area (Å²) in [4.78, 5) is 1.69. The van der Waals surface area contributed by atoms with E-state index in [1.807, 2.05) is 0 Å². The molecule has 0 saturated carbocycles. The Bertz CT molecular complexity index is 148. The number of alkyl halides is 4. The van der Waals surface area contributed by atoms with Crippen molar-refractivity contribution in [2.75, 3.05) is 26.2 Å². The van der Waals surface area contributed by atoms with Crippen molar-refractivity contribution in [3.8, 4) is 0 Å². The molecule has 1 fully saturated rings. The Balaban J connectivity index is 1.97. The van der Waals surface area contributed by atoms with Crippen LogP contribution >= 0.6 is 45.2 Å². The van der Waals surface area contributed by atoms with Crippen molar-refractivity contribution in [3.63, 3.8) is 0 Å². The largest absolute Gasteiger partial charge is 0.357 e. The van der Waals surface area contributed by atoms with Gasteiger partial charge in [0.15, 0.2) is 2.12 Å². The summed E-state index contributed by atoms with van der Waals surface area (Å²) in [5.74, 6) is -2.45. The minimum absolute atomic E-state index is 0.108. The van der Waals surface area contributed by atoms with Gasteiger partial charge in [0.25, 0.3) is 5.92 Å². The van der Waals surface area contributed by atoms with Crippen molar-refractivity contribution < 1.29 is 13.5 Å². The maximum atomic E-state index is 12.3. The highest BCUT2D eigenvalue weighted by molar-refractivity contribution is 14.2. The first-order valence-electron chi connectivity index (χ1n) is 3.49. The zero-order valence-corrected chi connectivity index (χ0v) is 10.6. The summed E-state index contributed by atoms with van der Waals surface area (Å²) in [6, 6.07) is 0. The SMILES string of the molecule is FC1(F)CN(CCOC(I)I)C1. The fourth-order valence-corrected chi connectivity index (χ4v) is 1.55. The summed E-state index contributed by atoms with van der Waals surface area (Å²) in [7, 11) is 0. The van der Waals surface area contributed by atoms with Gasteiger partial charge in [-0.2, -0.15) is 0 Å². The van der Waals surface area contributed by atoms with E-state index in [1.165, 1.54) is 0 Å². The third kappa shape index (κ3) is 3.97. The number of halogens is 4. The quantitative estimate of drug-likeness (QED) is 0.527. The van der Waals surface area contributed by atoms with E-state index in [0.717, 1.165) is 0 Å². The fraction of sp³-hybridized carbons (Fsp3) is 1.00. The smallest absolute Gasteiger partial charge is 0.272 e. The minimum Gasteiger partial charge on any atom is -0.357 e. The van der Waals surface area contributed by atoms with Crippen LogP contribution in [0.3, 0.4) is 0 Å². The fourth-order valence-electron chi connectivity index (χ4n) is 1.04. The first kappa shape index (κ1) is 11.3. The predicted molar refractivity (Wildman–Crippen MR) is 59.2 cm³/mol. The average molecular weight is 403 g/mol. The molecular formula is C6H9F2I2NO. The molecule has 0 aromatic rings. The van der Waals surface area contributed by atoms with Crippen molar-refractivity contribution in [2.24, 2.45) is 0 Å². The van der Waals surface area contributed by atoms with Crippen LogP contribution in [0.15, 0.2) is 0 Å². The number of rotatable bonds is 4. The Hall–Kier alpha value is 1.24. The van der Waals surface area contributed by atoms with E-state index in [2.05, 4.69) is 45.2 Å². The van der Waals surface area contributed by atoms with E-state index in [0.29, 0.717) is 13.2 Å². The lowest BCUT2D eigenvalue weighted by atomic mass is 10.1. The standard InChI is InChI=1S/C6H9F2I2NO/c7-6(8)3-11(4-6)1-2-12-5(9)10/h5H,1-4H2. The summed E-state index contributed by atoms with van der Waals surface area (Å²) >= 11 is 4.25. The van der Waals surface area contributed by atoms with Crippen LogP contribution in [0.5, 0.6) is 0 Å². The second-order valence-electron chi connectivity index (χ2n) is 2.70. The Labute approximate surface area is 97.3 Å². The molecule has 1 saturated heterocycles. The van der Waals surface area contributed by atoms with E-state index in [-0.39, 0.29) is 15.2 Å². The molecule has 12 heavy (non-hydrogen) atoms. The van der Waals surface area contributed by atoms with Crippen LogP contribution in [0.4, 0.5) is 8.78 Å². The van der Waals surface area contributed by atoms with Crippen LogP contribution in [0.25, 0.3) is 0 Å². The van der Waals surface area contributed by atoms with Gasteiger partial charge >= 0.3 is 0 Å². The zero-order valence-electron chi connectivity index (χ0n) is 6.27. The molecule has 0 aromatic carbocycles. The predicted octanol–water partition coefficient (Wildman–Crippen LogP) is 2.11. The maximum absolute atomic E-state index is 12.3. The van der Waals surface area contributed by atoms with E-state index >= 15 is 0 Å². The molecule has 0 N–H and O–H groups in total. The third-order valence-electron chi connectivity index (χ3n) is 1.56. The number of likely N-dealkylation sites (tertiary alicyclic amines) is 1. The van der Waals surface area contributed by atoms with Gasteiger partial charge in [0.1, 0.15) is 0 Å². The van der Waals surface area contributed by atoms with E-state index in [9.17, 15) is 8.78 Å². The van der Waals surface area contributed by atoms with E-state index in [4.69, 9.17) is 4.74 Å². The van der Waals surface area contributed by atoms with E-state index in [1.54, 1.807) is 4.90 Å². The van der Waals surface area contributed by atoms with Crippen LogP contribution in [0.1, 0.15) is 0 Å². The lowest BCUT2D eigenvalue weighted by molar-refractivity contribution is -0.134. The molecule has 0 atom stereocenters. The van der Waals surface area contributed by atoms with Crippen molar-refractivity contribution in [1.82, 2.24) is 4.90 Å². The number of ether oxygens (including phenoxy) is 1. The van der Waals surface area contributed by atoms with Gasteiger partial charge in [-0.25, -0.2) is 8.78 Å². The zero-order chi connectivity index (χ0) is 9.19. The normalized spacial score (nSPS) is 22.8. The lowest BCUT2D eigenvalue weighted by Crippen LogP contribution is -2.56. The molecule has 1 rings (SSSR count). The van der Waals surface area contributed by atoms with Gasteiger partial charge in [0.2, 0.25) is 0 Å². The van der Waals surface area contributed by atoms with Crippen molar-refractivity contribution >= 4 is 45.2 Å². The highest BCUT2D eigenvalue weighted by Crippen LogP contribution is 2.26. The second-order valence-corrected chi connectivity index (χ2v) is 7.34. The first-order valence-corrected chi connectivity index (χ1v) is 5.99. The molecule has 0 aromatic heterocycles. The first-order chi connectivity index (χ1) is 5.49. The van der Waals surface area contributed by atoms with Gasteiger partial charge in [-0.15, -0.1) is 0 Å². The summed E-state index contributed by atoms with van der Waals surface area (Å²) in [5, 5.41) is 0. The molecule has 0 aliphatic carbocycles. The van der Waals surface area contributed by atoms with Crippen molar-refractivity contribution in [2.45, 2.75) is 8.04 Å². The van der Waals surface area contributed by atoms with Gasteiger partial charge in [0, 0.05) is 6.54 Å². The van der Waals surface area contributed by atoms with Gasteiger partial charge in [0.05, 0.1) is 19.7 Å². The maximum Gasteiger partial charge on any atom is 0.272 e. The number of hydrogen-bond acceptors (Lipinski definition) is 2. The molecule has 0 amide bonds. The van der Waals surface area contributed by atoms with Crippen LogP contribution in [-0.2, 0) is 4.74 Å². The molecule has 1 heterocycles. The van der Waals surface area contributed by atoms with Crippen molar-refractivity contribution in [3.05, 3.63) is 0 Å². The summed E-state index contributed by atoms with van der Waals surface area (Å²) < 4.78 is 29.9. The topological polar surface area (TPSA) is 12.5 Å². The van der Waals surface area contributed by atoms with Gasteiger partial charge < -0.3 is 4.74 Å². The molecule has 1 aliphatic heterocycles. The van der Waals surface area contributed by atoms with E-state index < -0.39 is 5.92 Å². The van der Waals surface area contributed by atoms with Crippen LogP contribution < -0.4 is 0 Å². The molecular weight excluding hydrogens is 394 g/mol. The molecule has 0 spiro atoms. The molecule has 2 nitrogen and oxygen atoms in total. The highest BCUT2D eigenvalue weighted by atomic mass is 127. The third-order valence-corrected chi connectivity index (χ3v) is 2.28.